The lowest BCUT2D eigenvalue weighted by molar-refractivity contribution is -0.120. The predicted molar refractivity (Wildman–Crippen MR) is 67.0 cm³/mol. The normalized spacial score (nSPS) is 20.5. The first-order chi connectivity index (χ1) is 8.24. The van der Waals surface area contributed by atoms with Gasteiger partial charge in [0.05, 0.1) is 6.61 Å². The van der Waals surface area contributed by atoms with Crippen LogP contribution in [0.15, 0.2) is 24.3 Å². The summed E-state index contributed by atoms with van der Waals surface area (Å²) in [6.07, 6.45) is 2.57. The lowest BCUT2D eigenvalue weighted by atomic mass is 10.0. The first kappa shape index (κ1) is 12.0. The van der Waals surface area contributed by atoms with Crippen LogP contribution in [0.4, 0.5) is 0 Å². The molecular weight excluding hydrogens is 214 g/mol. The van der Waals surface area contributed by atoms with Gasteiger partial charge in [-0.05, 0) is 43.4 Å². The van der Waals surface area contributed by atoms with Crippen molar-refractivity contribution in [2.75, 3.05) is 13.2 Å². The van der Waals surface area contributed by atoms with Gasteiger partial charge in [-0.25, -0.2) is 0 Å². The molecule has 1 unspecified atom stereocenters. The fourth-order valence-corrected chi connectivity index (χ4v) is 2.07. The first-order valence-electron chi connectivity index (χ1n) is 6.20. The highest BCUT2D eigenvalue weighted by Gasteiger charge is 2.16. The van der Waals surface area contributed by atoms with Gasteiger partial charge in [-0.2, -0.15) is 0 Å². The quantitative estimate of drug-likeness (QED) is 0.870. The zero-order chi connectivity index (χ0) is 12.1. The van der Waals surface area contributed by atoms with E-state index in [0.29, 0.717) is 18.9 Å². The monoisotopic (exact) mass is 233 g/mol. The minimum atomic E-state index is 0.169. The highest BCUT2D eigenvalue weighted by atomic mass is 16.5. The second-order valence-electron chi connectivity index (χ2n) is 4.67. The number of aryl methyl sites for hydroxylation is 1. The van der Waals surface area contributed by atoms with Crippen LogP contribution in [0.1, 0.15) is 24.8 Å². The highest BCUT2D eigenvalue weighted by molar-refractivity contribution is 5.76. The van der Waals surface area contributed by atoms with Crippen molar-refractivity contribution in [3.05, 3.63) is 29.8 Å². The van der Waals surface area contributed by atoms with Crippen LogP contribution in [-0.4, -0.2) is 19.1 Å². The van der Waals surface area contributed by atoms with Gasteiger partial charge in [0, 0.05) is 13.0 Å². The second-order valence-corrected chi connectivity index (χ2v) is 4.67. The van der Waals surface area contributed by atoms with E-state index in [4.69, 9.17) is 4.74 Å². The molecule has 1 atom stereocenters. The van der Waals surface area contributed by atoms with Gasteiger partial charge in [0.25, 0.3) is 0 Å². The Morgan fingerprint density at radius 1 is 1.41 bits per heavy atom. The molecule has 1 aromatic rings. The topological polar surface area (TPSA) is 38.3 Å². The van der Waals surface area contributed by atoms with Crippen molar-refractivity contribution >= 4 is 5.91 Å². The molecule has 3 heteroatoms. The van der Waals surface area contributed by atoms with Crippen molar-refractivity contribution < 1.29 is 9.53 Å². The molecule has 1 aliphatic rings. The fraction of sp³-hybridized carbons (Fsp3) is 0.500. The van der Waals surface area contributed by atoms with Crippen molar-refractivity contribution in [1.82, 2.24) is 5.32 Å². The number of nitrogens with one attached hydrogen (secondary N) is 1. The number of benzene rings is 1. The third-order valence-corrected chi connectivity index (χ3v) is 3.13. The van der Waals surface area contributed by atoms with Crippen LogP contribution in [0.5, 0.6) is 5.75 Å². The summed E-state index contributed by atoms with van der Waals surface area (Å²) in [5, 5.41) is 2.89. The summed E-state index contributed by atoms with van der Waals surface area (Å²) in [6, 6.07) is 8.08. The van der Waals surface area contributed by atoms with E-state index in [0.717, 1.165) is 25.1 Å². The molecule has 1 N–H and O–H groups in total. The van der Waals surface area contributed by atoms with Crippen molar-refractivity contribution in [3.63, 3.8) is 0 Å². The molecule has 0 aliphatic carbocycles. The molecule has 1 saturated heterocycles. The van der Waals surface area contributed by atoms with Crippen LogP contribution in [0.3, 0.4) is 0 Å². The van der Waals surface area contributed by atoms with Crippen molar-refractivity contribution in [2.45, 2.75) is 26.2 Å². The van der Waals surface area contributed by atoms with E-state index in [1.165, 1.54) is 5.56 Å². The average Bonchev–Trinajstić information content (AvgIpc) is 2.52. The first-order valence-corrected chi connectivity index (χ1v) is 6.20. The summed E-state index contributed by atoms with van der Waals surface area (Å²) < 4.78 is 5.78. The average molecular weight is 233 g/mol. The number of amides is 1. The van der Waals surface area contributed by atoms with Gasteiger partial charge in [0.2, 0.25) is 5.91 Å². The maximum atomic E-state index is 11.2. The Morgan fingerprint density at radius 2 is 2.29 bits per heavy atom. The molecule has 1 aromatic carbocycles. The smallest absolute Gasteiger partial charge is 0.220 e. The Morgan fingerprint density at radius 3 is 3.12 bits per heavy atom. The van der Waals surface area contributed by atoms with Gasteiger partial charge in [-0.3, -0.25) is 4.79 Å². The standard InChI is InChI=1S/C14H19NO2/c1-11-3-2-4-13(9-11)17-10-12-5-6-14(16)15-8-7-12/h2-4,9,12H,5-8,10H2,1H3,(H,15,16). The molecule has 1 aliphatic heterocycles. The third-order valence-electron chi connectivity index (χ3n) is 3.13. The van der Waals surface area contributed by atoms with Gasteiger partial charge in [-0.15, -0.1) is 0 Å². The van der Waals surface area contributed by atoms with E-state index >= 15 is 0 Å². The summed E-state index contributed by atoms with van der Waals surface area (Å²) in [5.74, 6) is 1.58. The second kappa shape index (κ2) is 5.71. The van der Waals surface area contributed by atoms with Crippen molar-refractivity contribution in [2.24, 2.45) is 5.92 Å². The Kier molecular flexibility index (Phi) is 4.02. The number of rotatable bonds is 3. The van der Waals surface area contributed by atoms with Crippen LogP contribution in [-0.2, 0) is 4.79 Å². The molecule has 0 bridgehead atoms. The summed E-state index contributed by atoms with van der Waals surface area (Å²) in [5.41, 5.74) is 1.21. The highest BCUT2D eigenvalue weighted by Crippen LogP contribution is 2.18. The molecule has 1 fully saturated rings. The largest absolute Gasteiger partial charge is 0.493 e. The van der Waals surface area contributed by atoms with Gasteiger partial charge in [0.1, 0.15) is 5.75 Å². The predicted octanol–water partition coefficient (Wildman–Crippen LogP) is 2.29. The Hall–Kier alpha value is -1.51. The third kappa shape index (κ3) is 3.77. The Labute approximate surface area is 102 Å². The number of ether oxygens (including phenoxy) is 1. The zero-order valence-electron chi connectivity index (χ0n) is 10.2. The van der Waals surface area contributed by atoms with E-state index < -0.39 is 0 Å². The van der Waals surface area contributed by atoms with Gasteiger partial charge >= 0.3 is 0 Å². The minimum Gasteiger partial charge on any atom is -0.493 e. The molecule has 92 valence electrons. The van der Waals surface area contributed by atoms with E-state index in [-0.39, 0.29) is 5.91 Å². The number of carbonyl (C=O) groups is 1. The van der Waals surface area contributed by atoms with Gasteiger partial charge in [-0.1, -0.05) is 12.1 Å². The molecule has 2 rings (SSSR count). The summed E-state index contributed by atoms with van der Waals surface area (Å²) in [4.78, 5) is 11.2. The van der Waals surface area contributed by atoms with Crippen molar-refractivity contribution in [1.29, 1.82) is 0 Å². The molecule has 1 amide bonds. The maximum absolute atomic E-state index is 11.2. The number of carbonyl (C=O) groups excluding carboxylic acids is 1. The van der Waals surface area contributed by atoms with E-state index in [9.17, 15) is 4.79 Å². The van der Waals surface area contributed by atoms with E-state index in [2.05, 4.69) is 18.3 Å². The van der Waals surface area contributed by atoms with Gasteiger partial charge < -0.3 is 10.1 Å². The van der Waals surface area contributed by atoms with Crippen LogP contribution in [0, 0.1) is 12.8 Å². The lowest BCUT2D eigenvalue weighted by Crippen LogP contribution is -2.21. The molecular formula is C14H19NO2. The molecule has 17 heavy (non-hydrogen) atoms. The maximum Gasteiger partial charge on any atom is 0.220 e. The fourth-order valence-electron chi connectivity index (χ4n) is 2.07. The molecule has 0 spiro atoms. The van der Waals surface area contributed by atoms with Crippen molar-refractivity contribution in [3.8, 4) is 5.75 Å². The zero-order valence-corrected chi connectivity index (χ0v) is 10.2. The molecule has 3 nitrogen and oxygen atoms in total. The Bertz CT molecular complexity index is 390. The summed E-state index contributed by atoms with van der Waals surface area (Å²) >= 11 is 0. The number of hydrogen-bond acceptors (Lipinski definition) is 2. The van der Waals surface area contributed by atoms with E-state index in [1.54, 1.807) is 0 Å². The summed E-state index contributed by atoms with van der Waals surface area (Å²) in [6.45, 7) is 3.54. The molecule has 1 heterocycles. The van der Waals surface area contributed by atoms with Crippen LogP contribution < -0.4 is 10.1 Å². The van der Waals surface area contributed by atoms with Crippen LogP contribution in [0.25, 0.3) is 0 Å². The van der Waals surface area contributed by atoms with Crippen LogP contribution >= 0.6 is 0 Å². The Balaban J connectivity index is 1.83. The minimum absolute atomic E-state index is 0.169. The molecule has 0 radical (unpaired) electrons. The SMILES string of the molecule is Cc1cccc(OCC2CCNC(=O)CC2)c1. The molecule has 0 aromatic heterocycles. The molecule has 0 saturated carbocycles. The summed E-state index contributed by atoms with van der Waals surface area (Å²) in [7, 11) is 0. The van der Waals surface area contributed by atoms with Crippen LogP contribution in [0.2, 0.25) is 0 Å². The number of hydrogen-bond donors (Lipinski definition) is 1. The lowest BCUT2D eigenvalue weighted by Gasteiger charge is -2.14. The van der Waals surface area contributed by atoms with Gasteiger partial charge in [0.15, 0.2) is 0 Å². The van der Waals surface area contributed by atoms with E-state index in [1.807, 2.05) is 18.2 Å².